The lowest BCUT2D eigenvalue weighted by molar-refractivity contribution is 0.0690. The van der Waals surface area contributed by atoms with Gasteiger partial charge in [-0.15, -0.1) is 0 Å². The monoisotopic (exact) mass is 313 g/mol. The molecule has 1 aliphatic heterocycles. The molecule has 0 bridgehead atoms. The van der Waals surface area contributed by atoms with Gasteiger partial charge in [0.05, 0.1) is 11.9 Å². The predicted octanol–water partition coefficient (Wildman–Crippen LogP) is 1.41. The number of aromatic carboxylic acids is 1. The molecule has 2 atom stereocenters. The van der Waals surface area contributed by atoms with E-state index in [4.69, 9.17) is 5.11 Å². The maximum absolute atomic E-state index is 12.3. The number of anilines is 1. The molecule has 0 aliphatic carbocycles. The molecule has 1 fully saturated rings. The summed E-state index contributed by atoms with van der Waals surface area (Å²) in [5, 5.41) is 8.76. The smallest absolute Gasteiger partial charge is 0.354 e. The Labute approximate surface area is 124 Å². The van der Waals surface area contributed by atoms with Crippen molar-refractivity contribution in [1.82, 2.24) is 9.29 Å². The third kappa shape index (κ3) is 3.92. The van der Waals surface area contributed by atoms with Gasteiger partial charge in [0.25, 0.3) is 0 Å². The standard InChI is InChI=1S/C13H19N3O4S/c1-9-5-10(2)8-16(7-9)21(19,20)15-11-3-4-12(13(17)18)14-6-11/h3-4,6,9-10,15H,5,7-8H2,1-2H3,(H,17,18). The van der Waals surface area contributed by atoms with Gasteiger partial charge in [-0.25, -0.2) is 9.78 Å². The van der Waals surface area contributed by atoms with E-state index in [0.29, 0.717) is 24.9 Å². The fourth-order valence-electron chi connectivity index (χ4n) is 2.60. The first kappa shape index (κ1) is 15.7. The lowest BCUT2D eigenvalue weighted by Crippen LogP contribution is -2.45. The quantitative estimate of drug-likeness (QED) is 0.875. The lowest BCUT2D eigenvalue weighted by atomic mass is 9.94. The van der Waals surface area contributed by atoms with Crippen molar-refractivity contribution in [3.8, 4) is 0 Å². The van der Waals surface area contributed by atoms with Crippen LogP contribution in [0.1, 0.15) is 30.8 Å². The minimum absolute atomic E-state index is 0.127. The van der Waals surface area contributed by atoms with Crippen molar-refractivity contribution in [2.24, 2.45) is 11.8 Å². The van der Waals surface area contributed by atoms with Crippen LogP contribution in [-0.4, -0.2) is 41.9 Å². The molecular weight excluding hydrogens is 294 g/mol. The molecule has 1 aromatic rings. The van der Waals surface area contributed by atoms with Gasteiger partial charge in [-0.2, -0.15) is 12.7 Å². The first-order chi connectivity index (χ1) is 9.78. The Morgan fingerprint density at radius 3 is 2.43 bits per heavy atom. The van der Waals surface area contributed by atoms with Crippen LogP contribution in [0.4, 0.5) is 5.69 Å². The van der Waals surface area contributed by atoms with E-state index in [9.17, 15) is 13.2 Å². The summed E-state index contributed by atoms with van der Waals surface area (Å²) in [6, 6.07) is 2.66. The van der Waals surface area contributed by atoms with Crippen LogP contribution in [-0.2, 0) is 10.2 Å². The van der Waals surface area contributed by atoms with Crippen LogP contribution in [0.15, 0.2) is 18.3 Å². The molecule has 1 saturated heterocycles. The number of nitrogens with zero attached hydrogens (tertiary/aromatic N) is 2. The van der Waals surface area contributed by atoms with Crippen LogP contribution in [0, 0.1) is 11.8 Å². The van der Waals surface area contributed by atoms with Crippen molar-refractivity contribution in [3.05, 3.63) is 24.0 Å². The maximum atomic E-state index is 12.3. The molecule has 7 nitrogen and oxygen atoms in total. The van der Waals surface area contributed by atoms with Crippen molar-refractivity contribution < 1.29 is 18.3 Å². The molecule has 21 heavy (non-hydrogen) atoms. The molecule has 2 heterocycles. The van der Waals surface area contributed by atoms with E-state index in [2.05, 4.69) is 9.71 Å². The maximum Gasteiger partial charge on any atom is 0.354 e. The molecule has 1 aromatic heterocycles. The van der Waals surface area contributed by atoms with Gasteiger partial charge in [0, 0.05) is 13.1 Å². The summed E-state index contributed by atoms with van der Waals surface area (Å²) in [5.41, 5.74) is 0.129. The summed E-state index contributed by atoms with van der Waals surface area (Å²) in [5.74, 6) is -0.515. The molecule has 0 amide bonds. The molecule has 2 unspecified atom stereocenters. The average molecular weight is 313 g/mol. The number of piperidine rings is 1. The highest BCUT2D eigenvalue weighted by molar-refractivity contribution is 7.90. The first-order valence-corrected chi connectivity index (χ1v) is 8.19. The Bertz CT molecular complexity index is 605. The molecule has 2 rings (SSSR count). The predicted molar refractivity (Wildman–Crippen MR) is 78.3 cm³/mol. The zero-order valence-corrected chi connectivity index (χ0v) is 12.8. The number of aromatic nitrogens is 1. The molecule has 1 aliphatic rings. The number of carbonyl (C=O) groups is 1. The van der Waals surface area contributed by atoms with Gasteiger partial charge in [0.1, 0.15) is 5.69 Å². The summed E-state index contributed by atoms with van der Waals surface area (Å²) in [4.78, 5) is 14.4. The number of pyridine rings is 1. The summed E-state index contributed by atoms with van der Waals surface area (Å²) in [6.45, 7) is 5.03. The van der Waals surface area contributed by atoms with Crippen LogP contribution >= 0.6 is 0 Å². The molecule has 0 radical (unpaired) electrons. The van der Waals surface area contributed by atoms with E-state index in [1.165, 1.54) is 22.6 Å². The number of hydrogen-bond donors (Lipinski definition) is 2. The second-order valence-corrected chi connectivity index (χ2v) is 7.28. The number of carboxylic acid groups (broad SMARTS) is 1. The Morgan fingerprint density at radius 2 is 1.95 bits per heavy atom. The first-order valence-electron chi connectivity index (χ1n) is 6.75. The minimum atomic E-state index is -3.64. The van der Waals surface area contributed by atoms with E-state index >= 15 is 0 Å². The van der Waals surface area contributed by atoms with Gasteiger partial charge in [0.2, 0.25) is 0 Å². The molecule has 116 valence electrons. The molecule has 0 aromatic carbocycles. The summed E-state index contributed by atoms with van der Waals surface area (Å²) in [6.07, 6.45) is 2.22. The lowest BCUT2D eigenvalue weighted by Gasteiger charge is -2.33. The number of hydrogen-bond acceptors (Lipinski definition) is 4. The van der Waals surface area contributed by atoms with Crippen molar-refractivity contribution in [2.45, 2.75) is 20.3 Å². The minimum Gasteiger partial charge on any atom is -0.477 e. The Hall–Kier alpha value is -1.67. The van der Waals surface area contributed by atoms with Crippen molar-refractivity contribution in [1.29, 1.82) is 0 Å². The molecule has 0 saturated carbocycles. The molecule has 2 N–H and O–H groups in total. The largest absolute Gasteiger partial charge is 0.477 e. The molecule has 0 spiro atoms. The Balaban J connectivity index is 2.11. The van der Waals surface area contributed by atoms with Gasteiger partial charge in [-0.3, -0.25) is 4.72 Å². The Kier molecular flexibility index (Phi) is 4.48. The van der Waals surface area contributed by atoms with Crippen molar-refractivity contribution in [2.75, 3.05) is 17.8 Å². The van der Waals surface area contributed by atoms with Gasteiger partial charge in [-0.1, -0.05) is 13.8 Å². The fraction of sp³-hybridized carbons (Fsp3) is 0.538. The SMILES string of the molecule is CC1CC(C)CN(S(=O)(=O)Nc2ccc(C(=O)O)nc2)C1. The Morgan fingerprint density at radius 1 is 1.33 bits per heavy atom. The van der Waals surface area contributed by atoms with E-state index in [1.807, 2.05) is 13.8 Å². The second kappa shape index (κ2) is 5.98. The average Bonchev–Trinajstić information content (AvgIpc) is 2.37. The summed E-state index contributed by atoms with van der Waals surface area (Å²) < 4.78 is 28.5. The highest BCUT2D eigenvalue weighted by Gasteiger charge is 2.30. The number of rotatable bonds is 4. The third-order valence-electron chi connectivity index (χ3n) is 3.40. The van der Waals surface area contributed by atoms with E-state index < -0.39 is 16.2 Å². The van der Waals surface area contributed by atoms with E-state index in [-0.39, 0.29) is 11.4 Å². The van der Waals surface area contributed by atoms with Gasteiger partial charge >= 0.3 is 16.2 Å². The van der Waals surface area contributed by atoms with Crippen molar-refractivity contribution in [3.63, 3.8) is 0 Å². The summed E-state index contributed by atoms with van der Waals surface area (Å²) in [7, 11) is -3.64. The zero-order valence-electron chi connectivity index (χ0n) is 12.0. The van der Waals surface area contributed by atoms with Crippen LogP contribution in [0.5, 0.6) is 0 Å². The highest BCUT2D eigenvalue weighted by atomic mass is 32.2. The van der Waals surface area contributed by atoms with Crippen molar-refractivity contribution >= 4 is 21.9 Å². The zero-order chi connectivity index (χ0) is 15.6. The van der Waals surface area contributed by atoms with Gasteiger partial charge in [-0.05, 0) is 30.4 Å². The molecule has 8 heteroatoms. The summed E-state index contributed by atoms with van der Waals surface area (Å²) >= 11 is 0. The second-order valence-electron chi connectivity index (χ2n) is 5.61. The highest BCUT2D eigenvalue weighted by Crippen LogP contribution is 2.24. The fourth-order valence-corrected chi connectivity index (χ4v) is 4.05. The van der Waals surface area contributed by atoms with Crippen LogP contribution < -0.4 is 4.72 Å². The van der Waals surface area contributed by atoms with Crippen LogP contribution in [0.3, 0.4) is 0 Å². The van der Waals surface area contributed by atoms with Crippen LogP contribution in [0.2, 0.25) is 0 Å². The van der Waals surface area contributed by atoms with E-state index in [0.717, 1.165) is 6.42 Å². The topological polar surface area (TPSA) is 99.6 Å². The van der Waals surface area contributed by atoms with Gasteiger partial charge < -0.3 is 5.11 Å². The van der Waals surface area contributed by atoms with E-state index in [1.54, 1.807) is 0 Å². The van der Waals surface area contributed by atoms with Gasteiger partial charge in [0.15, 0.2) is 0 Å². The third-order valence-corrected chi connectivity index (χ3v) is 4.88. The number of nitrogens with one attached hydrogen (secondary N) is 1. The normalized spacial score (nSPS) is 23.7. The number of carboxylic acids is 1. The molecular formula is C13H19N3O4S. The van der Waals surface area contributed by atoms with Crippen LogP contribution in [0.25, 0.3) is 0 Å².